The van der Waals surface area contributed by atoms with Crippen LogP contribution >= 0.6 is 0 Å². The summed E-state index contributed by atoms with van der Waals surface area (Å²) in [5.41, 5.74) is 1.52. The van der Waals surface area contributed by atoms with E-state index >= 15 is 0 Å². The number of amides is 2. The van der Waals surface area contributed by atoms with Gasteiger partial charge in [-0.2, -0.15) is 0 Å². The third-order valence-corrected chi connectivity index (χ3v) is 3.95. The minimum Gasteiger partial charge on any atom is -0.325 e. The molecule has 0 spiro atoms. The average Bonchev–Trinajstić information content (AvgIpc) is 2.62. The van der Waals surface area contributed by atoms with Gasteiger partial charge < -0.3 is 10.6 Å². The van der Waals surface area contributed by atoms with Crippen molar-refractivity contribution >= 4 is 34.0 Å². The zero-order valence-electron chi connectivity index (χ0n) is 14.6. The molecular formula is C21H21N3O2. The summed E-state index contributed by atoms with van der Waals surface area (Å²) in [7, 11) is 1.74. The van der Waals surface area contributed by atoms with Crippen LogP contribution in [-0.4, -0.2) is 36.9 Å². The predicted octanol–water partition coefficient (Wildman–Crippen LogP) is 3.35. The van der Waals surface area contributed by atoms with Crippen molar-refractivity contribution in [2.45, 2.75) is 0 Å². The van der Waals surface area contributed by atoms with E-state index in [1.165, 1.54) is 0 Å². The number of rotatable bonds is 6. The molecule has 5 nitrogen and oxygen atoms in total. The molecule has 0 unspecified atom stereocenters. The normalized spacial score (nSPS) is 10.7. The van der Waals surface area contributed by atoms with Crippen LogP contribution in [0.3, 0.4) is 0 Å². The van der Waals surface area contributed by atoms with E-state index in [9.17, 15) is 9.59 Å². The Morgan fingerprint density at radius 3 is 2.15 bits per heavy atom. The highest BCUT2D eigenvalue weighted by atomic mass is 16.2. The minimum absolute atomic E-state index is 0.130. The quantitative estimate of drug-likeness (QED) is 0.719. The van der Waals surface area contributed by atoms with Crippen LogP contribution < -0.4 is 10.6 Å². The molecule has 2 N–H and O–H groups in total. The molecule has 0 aliphatic rings. The second-order valence-electron chi connectivity index (χ2n) is 6.16. The molecule has 132 valence electrons. The number of benzene rings is 3. The summed E-state index contributed by atoms with van der Waals surface area (Å²) < 4.78 is 0. The zero-order chi connectivity index (χ0) is 18.4. The van der Waals surface area contributed by atoms with Crippen LogP contribution in [-0.2, 0) is 9.59 Å². The van der Waals surface area contributed by atoms with Crippen molar-refractivity contribution < 1.29 is 9.59 Å². The molecule has 0 heterocycles. The van der Waals surface area contributed by atoms with E-state index in [1.807, 2.05) is 72.8 Å². The third kappa shape index (κ3) is 4.68. The maximum atomic E-state index is 12.3. The molecule has 0 atom stereocenters. The fourth-order valence-electron chi connectivity index (χ4n) is 2.79. The van der Waals surface area contributed by atoms with Crippen molar-refractivity contribution in [3.8, 4) is 0 Å². The van der Waals surface area contributed by atoms with Gasteiger partial charge >= 0.3 is 0 Å². The van der Waals surface area contributed by atoms with Crippen molar-refractivity contribution in [2.75, 3.05) is 30.8 Å². The first kappa shape index (κ1) is 17.6. The van der Waals surface area contributed by atoms with E-state index in [1.54, 1.807) is 11.9 Å². The van der Waals surface area contributed by atoms with Crippen molar-refractivity contribution in [1.82, 2.24) is 4.90 Å². The Morgan fingerprint density at radius 1 is 0.769 bits per heavy atom. The molecule has 0 saturated carbocycles. The number of anilines is 2. The van der Waals surface area contributed by atoms with E-state index in [-0.39, 0.29) is 24.9 Å². The van der Waals surface area contributed by atoms with E-state index in [4.69, 9.17) is 0 Å². The number of hydrogen-bond acceptors (Lipinski definition) is 3. The molecule has 0 aliphatic heterocycles. The molecule has 3 aromatic rings. The summed E-state index contributed by atoms with van der Waals surface area (Å²) >= 11 is 0. The monoisotopic (exact) mass is 347 g/mol. The highest BCUT2D eigenvalue weighted by Crippen LogP contribution is 2.22. The summed E-state index contributed by atoms with van der Waals surface area (Å²) in [6.45, 7) is 0.267. The van der Waals surface area contributed by atoms with Crippen LogP contribution in [0.15, 0.2) is 72.8 Å². The van der Waals surface area contributed by atoms with Gasteiger partial charge in [-0.3, -0.25) is 14.5 Å². The van der Waals surface area contributed by atoms with Gasteiger partial charge in [-0.1, -0.05) is 54.6 Å². The molecule has 0 saturated heterocycles. The second-order valence-corrected chi connectivity index (χ2v) is 6.16. The van der Waals surface area contributed by atoms with Crippen LogP contribution in [0.25, 0.3) is 10.8 Å². The topological polar surface area (TPSA) is 61.4 Å². The fraction of sp³-hybridized carbons (Fsp3) is 0.143. The van der Waals surface area contributed by atoms with Crippen molar-refractivity contribution in [3.05, 3.63) is 72.8 Å². The summed E-state index contributed by atoms with van der Waals surface area (Å²) in [5, 5.41) is 7.80. The highest BCUT2D eigenvalue weighted by molar-refractivity contribution is 6.02. The smallest absolute Gasteiger partial charge is 0.238 e. The summed E-state index contributed by atoms with van der Waals surface area (Å²) in [4.78, 5) is 26.1. The number of carbonyl (C=O) groups excluding carboxylic acids is 2. The van der Waals surface area contributed by atoms with E-state index in [0.717, 1.165) is 22.1 Å². The molecule has 3 rings (SSSR count). The molecule has 0 radical (unpaired) electrons. The largest absolute Gasteiger partial charge is 0.325 e. The van der Waals surface area contributed by atoms with E-state index in [0.29, 0.717) is 0 Å². The van der Waals surface area contributed by atoms with Crippen molar-refractivity contribution in [2.24, 2.45) is 0 Å². The maximum absolute atomic E-state index is 12.3. The second kappa shape index (κ2) is 8.27. The van der Waals surface area contributed by atoms with Crippen LogP contribution in [0.4, 0.5) is 11.4 Å². The van der Waals surface area contributed by atoms with Crippen molar-refractivity contribution in [1.29, 1.82) is 0 Å². The molecule has 5 heteroatoms. The summed E-state index contributed by atoms with van der Waals surface area (Å²) in [5.74, 6) is -0.312. The predicted molar refractivity (Wildman–Crippen MR) is 105 cm³/mol. The summed E-state index contributed by atoms with van der Waals surface area (Å²) in [6.07, 6.45) is 0. The van der Waals surface area contributed by atoms with Crippen LogP contribution in [0, 0.1) is 0 Å². The Labute approximate surface area is 152 Å². The molecule has 2 amide bonds. The number of nitrogens with zero attached hydrogens (tertiary/aromatic N) is 1. The molecule has 0 bridgehead atoms. The molecule has 0 fully saturated rings. The number of hydrogen-bond donors (Lipinski definition) is 2. The fourth-order valence-corrected chi connectivity index (χ4v) is 2.79. The Kier molecular flexibility index (Phi) is 5.61. The minimum atomic E-state index is -0.156. The Hall–Kier alpha value is -3.18. The van der Waals surface area contributed by atoms with Gasteiger partial charge in [0.1, 0.15) is 0 Å². The lowest BCUT2D eigenvalue weighted by molar-refractivity contribution is -0.119. The van der Waals surface area contributed by atoms with Gasteiger partial charge in [0.05, 0.1) is 13.1 Å². The van der Waals surface area contributed by atoms with Gasteiger partial charge in [-0.15, -0.1) is 0 Å². The Balaban J connectivity index is 1.55. The number of likely N-dealkylation sites (N-methyl/N-ethyl adjacent to an activating group) is 1. The van der Waals surface area contributed by atoms with Crippen LogP contribution in [0.5, 0.6) is 0 Å². The maximum Gasteiger partial charge on any atom is 0.238 e. The van der Waals surface area contributed by atoms with Crippen LogP contribution in [0.1, 0.15) is 0 Å². The van der Waals surface area contributed by atoms with E-state index in [2.05, 4.69) is 10.6 Å². The first-order valence-corrected chi connectivity index (χ1v) is 8.43. The lowest BCUT2D eigenvalue weighted by Crippen LogP contribution is -2.36. The SMILES string of the molecule is CN(CC(=O)Nc1ccccc1)CC(=O)Nc1cccc2ccccc12. The lowest BCUT2D eigenvalue weighted by atomic mass is 10.1. The standard InChI is InChI=1S/C21H21N3O2/c1-24(14-20(25)22-17-10-3-2-4-11-17)15-21(26)23-19-13-7-9-16-8-5-6-12-18(16)19/h2-13H,14-15H2,1H3,(H,22,25)(H,23,26). The van der Waals surface area contributed by atoms with Gasteiger partial charge in [-0.05, 0) is 30.6 Å². The molecular weight excluding hydrogens is 326 g/mol. The van der Waals surface area contributed by atoms with Gasteiger partial charge in [0.2, 0.25) is 11.8 Å². The highest BCUT2D eigenvalue weighted by Gasteiger charge is 2.12. The number of nitrogens with one attached hydrogen (secondary N) is 2. The first-order chi connectivity index (χ1) is 12.6. The molecule has 0 aromatic heterocycles. The number of carbonyl (C=O) groups is 2. The lowest BCUT2D eigenvalue weighted by Gasteiger charge is -2.16. The Morgan fingerprint density at radius 2 is 1.38 bits per heavy atom. The van der Waals surface area contributed by atoms with E-state index < -0.39 is 0 Å². The van der Waals surface area contributed by atoms with Gasteiger partial charge in [0, 0.05) is 16.8 Å². The third-order valence-electron chi connectivity index (χ3n) is 3.95. The van der Waals surface area contributed by atoms with Gasteiger partial charge in [0.15, 0.2) is 0 Å². The summed E-state index contributed by atoms with van der Waals surface area (Å²) in [6, 6.07) is 22.9. The average molecular weight is 347 g/mol. The van der Waals surface area contributed by atoms with Crippen LogP contribution in [0.2, 0.25) is 0 Å². The zero-order valence-corrected chi connectivity index (χ0v) is 14.6. The van der Waals surface area contributed by atoms with Gasteiger partial charge in [-0.25, -0.2) is 0 Å². The Bertz CT molecular complexity index is 904. The number of fused-ring (bicyclic) bond motifs is 1. The van der Waals surface area contributed by atoms with Crippen molar-refractivity contribution in [3.63, 3.8) is 0 Å². The molecule has 0 aliphatic carbocycles. The molecule has 26 heavy (non-hydrogen) atoms. The first-order valence-electron chi connectivity index (χ1n) is 8.43. The van der Waals surface area contributed by atoms with Gasteiger partial charge in [0.25, 0.3) is 0 Å². The molecule has 3 aromatic carbocycles. The number of para-hydroxylation sites is 1.